The number of carboxylic acids is 3. The highest BCUT2D eigenvalue weighted by Gasteiger charge is 2.38. The number of aliphatic carboxylic acids is 3. The van der Waals surface area contributed by atoms with Gasteiger partial charge in [0.15, 0.2) is 0 Å². The van der Waals surface area contributed by atoms with E-state index in [0.717, 1.165) is 0 Å². The summed E-state index contributed by atoms with van der Waals surface area (Å²) in [6.07, 6.45) is 0.394. The minimum absolute atomic E-state index is 0.155. The maximum absolute atomic E-state index is 13.1. The first-order valence-electron chi connectivity index (χ1n) is 11.0. The van der Waals surface area contributed by atoms with Gasteiger partial charge in [0, 0.05) is 13.0 Å². The van der Waals surface area contributed by atoms with Crippen molar-refractivity contribution in [2.24, 2.45) is 11.5 Å². The van der Waals surface area contributed by atoms with Crippen LogP contribution >= 0.6 is 0 Å². The Kier molecular flexibility index (Phi) is 11.9. The van der Waals surface area contributed by atoms with E-state index in [9.17, 15) is 33.9 Å². The number of likely N-dealkylation sites (tertiary alicyclic amines) is 1. The van der Waals surface area contributed by atoms with Crippen LogP contribution in [0, 0.1) is 0 Å². The molecule has 1 saturated heterocycles. The lowest BCUT2D eigenvalue weighted by Crippen LogP contribution is -2.57. The van der Waals surface area contributed by atoms with Crippen LogP contribution in [0.4, 0.5) is 0 Å². The Balaban J connectivity index is 3.01. The third kappa shape index (κ3) is 9.31. The van der Waals surface area contributed by atoms with E-state index >= 15 is 0 Å². The van der Waals surface area contributed by atoms with Crippen LogP contribution in [-0.4, -0.2) is 93.1 Å². The molecule has 14 nitrogen and oxygen atoms in total. The maximum atomic E-state index is 13.1. The Labute approximate surface area is 196 Å². The van der Waals surface area contributed by atoms with Crippen molar-refractivity contribution in [1.29, 1.82) is 0 Å². The lowest BCUT2D eigenvalue weighted by Gasteiger charge is -2.29. The highest BCUT2D eigenvalue weighted by molar-refractivity contribution is 5.95. The molecule has 9 N–H and O–H groups in total. The number of hydrogen-bond donors (Lipinski definition) is 7. The minimum Gasteiger partial charge on any atom is -0.481 e. The number of nitrogens with one attached hydrogen (secondary N) is 2. The number of rotatable bonds is 15. The predicted molar refractivity (Wildman–Crippen MR) is 116 cm³/mol. The number of carboxylic acid groups (broad SMARTS) is 3. The van der Waals surface area contributed by atoms with Gasteiger partial charge in [-0.1, -0.05) is 0 Å². The average molecular weight is 488 g/mol. The Bertz CT molecular complexity index is 776. The second kappa shape index (κ2) is 14.1. The molecule has 4 unspecified atom stereocenters. The topological polar surface area (TPSA) is 242 Å². The van der Waals surface area contributed by atoms with Crippen molar-refractivity contribution in [3.63, 3.8) is 0 Å². The van der Waals surface area contributed by atoms with E-state index in [2.05, 4.69) is 10.6 Å². The van der Waals surface area contributed by atoms with Gasteiger partial charge in [-0.25, -0.2) is 4.79 Å². The molecule has 1 fully saturated rings. The first-order chi connectivity index (χ1) is 16.0. The van der Waals surface area contributed by atoms with Crippen molar-refractivity contribution < 1.29 is 44.1 Å². The molecule has 3 amide bonds. The largest absolute Gasteiger partial charge is 0.481 e. The van der Waals surface area contributed by atoms with Gasteiger partial charge in [-0.3, -0.25) is 24.0 Å². The van der Waals surface area contributed by atoms with Gasteiger partial charge >= 0.3 is 17.9 Å². The molecule has 34 heavy (non-hydrogen) atoms. The van der Waals surface area contributed by atoms with Crippen molar-refractivity contribution in [2.75, 3.05) is 13.1 Å². The molecule has 192 valence electrons. The molecular formula is C20H33N5O9. The highest BCUT2D eigenvalue weighted by Crippen LogP contribution is 2.20. The van der Waals surface area contributed by atoms with Crippen molar-refractivity contribution >= 4 is 35.6 Å². The van der Waals surface area contributed by atoms with E-state index < -0.39 is 72.6 Å². The number of hydrogen-bond acceptors (Lipinski definition) is 8. The summed E-state index contributed by atoms with van der Waals surface area (Å²) in [5, 5.41) is 31.9. The summed E-state index contributed by atoms with van der Waals surface area (Å²) >= 11 is 0. The third-order valence-corrected chi connectivity index (χ3v) is 5.39. The van der Waals surface area contributed by atoms with E-state index in [-0.39, 0.29) is 25.8 Å². The molecule has 4 atom stereocenters. The molecule has 0 saturated carbocycles. The quantitative estimate of drug-likeness (QED) is 0.122. The lowest BCUT2D eigenvalue weighted by molar-refractivity contribution is -0.149. The van der Waals surface area contributed by atoms with Crippen LogP contribution in [0.25, 0.3) is 0 Å². The molecule has 0 aromatic carbocycles. The van der Waals surface area contributed by atoms with Crippen molar-refractivity contribution in [3.8, 4) is 0 Å². The number of carbonyl (C=O) groups is 6. The van der Waals surface area contributed by atoms with Gasteiger partial charge in [-0.2, -0.15) is 0 Å². The van der Waals surface area contributed by atoms with Gasteiger partial charge < -0.3 is 42.3 Å². The first kappa shape index (κ1) is 28.8. The van der Waals surface area contributed by atoms with Crippen LogP contribution in [0.15, 0.2) is 0 Å². The number of unbranched alkanes of at least 4 members (excludes halogenated alkanes) is 1. The molecule has 1 aliphatic heterocycles. The molecule has 0 aromatic heterocycles. The second-order valence-corrected chi connectivity index (χ2v) is 8.07. The number of amides is 3. The van der Waals surface area contributed by atoms with Gasteiger partial charge in [0.25, 0.3) is 0 Å². The smallest absolute Gasteiger partial charge is 0.326 e. The molecule has 14 heteroatoms. The van der Waals surface area contributed by atoms with Crippen LogP contribution in [0.3, 0.4) is 0 Å². The fourth-order valence-corrected chi connectivity index (χ4v) is 3.61. The minimum atomic E-state index is -1.47. The molecule has 0 bridgehead atoms. The molecule has 1 aliphatic rings. The van der Waals surface area contributed by atoms with Crippen molar-refractivity contribution in [1.82, 2.24) is 15.5 Å². The average Bonchev–Trinajstić information content (AvgIpc) is 3.25. The molecular weight excluding hydrogens is 454 g/mol. The zero-order valence-corrected chi connectivity index (χ0v) is 18.8. The van der Waals surface area contributed by atoms with Crippen molar-refractivity contribution in [2.45, 2.75) is 75.5 Å². The van der Waals surface area contributed by atoms with Crippen molar-refractivity contribution in [3.05, 3.63) is 0 Å². The lowest BCUT2D eigenvalue weighted by atomic mass is 10.0. The summed E-state index contributed by atoms with van der Waals surface area (Å²) in [4.78, 5) is 72.7. The molecule has 1 rings (SSSR count). The Morgan fingerprint density at radius 1 is 0.912 bits per heavy atom. The fourth-order valence-electron chi connectivity index (χ4n) is 3.61. The summed E-state index contributed by atoms with van der Waals surface area (Å²) in [6.45, 7) is 0.553. The summed E-state index contributed by atoms with van der Waals surface area (Å²) in [5.41, 5.74) is 11.0. The van der Waals surface area contributed by atoms with Crippen LogP contribution < -0.4 is 22.1 Å². The normalized spacial score (nSPS) is 17.9. The van der Waals surface area contributed by atoms with Gasteiger partial charge in [-0.05, 0) is 45.1 Å². The Morgan fingerprint density at radius 3 is 2.12 bits per heavy atom. The van der Waals surface area contributed by atoms with Crippen LogP contribution in [-0.2, 0) is 28.8 Å². The van der Waals surface area contributed by atoms with E-state index in [1.807, 2.05) is 0 Å². The van der Waals surface area contributed by atoms with Gasteiger partial charge in [0.2, 0.25) is 17.7 Å². The van der Waals surface area contributed by atoms with Gasteiger partial charge in [-0.15, -0.1) is 0 Å². The van der Waals surface area contributed by atoms with Gasteiger partial charge in [0.1, 0.15) is 18.1 Å². The monoisotopic (exact) mass is 487 g/mol. The van der Waals surface area contributed by atoms with Gasteiger partial charge in [0.05, 0.1) is 12.5 Å². The summed E-state index contributed by atoms with van der Waals surface area (Å²) < 4.78 is 0. The predicted octanol–water partition coefficient (Wildman–Crippen LogP) is -2.17. The summed E-state index contributed by atoms with van der Waals surface area (Å²) in [5.74, 6) is -6.16. The fraction of sp³-hybridized carbons (Fsp3) is 0.700. The first-order valence-corrected chi connectivity index (χ1v) is 11.0. The molecule has 0 aromatic rings. The molecule has 0 radical (unpaired) electrons. The maximum Gasteiger partial charge on any atom is 0.326 e. The van der Waals surface area contributed by atoms with Crippen LogP contribution in [0.2, 0.25) is 0 Å². The van der Waals surface area contributed by atoms with E-state index in [1.54, 1.807) is 0 Å². The van der Waals surface area contributed by atoms with Crippen LogP contribution in [0.1, 0.15) is 51.4 Å². The van der Waals surface area contributed by atoms with E-state index in [1.165, 1.54) is 4.90 Å². The Morgan fingerprint density at radius 2 is 1.56 bits per heavy atom. The zero-order valence-electron chi connectivity index (χ0n) is 18.8. The summed E-state index contributed by atoms with van der Waals surface area (Å²) in [7, 11) is 0. The Hall–Kier alpha value is -3.26. The molecule has 0 aliphatic carbocycles. The molecule has 1 heterocycles. The molecule has 0 spiro atoms. The number of nitrogens with zero attached hydrogens (tertiary/aromatic N) is 1. The number of carbonyl (C=O) groups excluding carboxylic acids is 3. The highest BCUT2D eigenvalue weighted by atomic mass is 16.4. The summed E-state index contributed by atoms with van der Waals surface area (Å²) in [6, 6.07) is -5.00. The zero-order chi connectivity index (χ0) is 25.8. The standard InChI is InChI=1S/C20H33N5O9/c21-8-2-1-4-13(19(32)25-9-3-5-14(25)20(33)34)24-18(31)12(6-7-15(26)27)23-17(30)11(22)10-16(28)29/h11-14H,1-10,21-22H2,(H,23,30)(H,24,31)(H,26,27)(H,28,29)(H,33,34). The SMILES string of the molecule is NCCCCC(NC(=O)C(CCC(=O)O)NC(=O)C(N)CC(=O)O)C(=O)N1CCCC1C(=O)O. The number of nitrogens with two attached hydrogens (primary N) is 2. The second-order valence-electron chi connectivity index (χ2n) is 8.07. The van der Waals surface area contributed by atoms with E-state index in [4.69, 9.17) is 21.7 Å². The third-order valence-electron chi connectivity index (χ3n) is 5.39. The van der Waals surface area contributed by atoms with Crippen LogP contribution in [0.5, 0.6) is 0 Å². The van der Waals surface area contributed by atoms with E-state index in [0.29, 0.717) is 25.8 Å².